The standard InChI is InChI=1S/C20H11BrClN3O4/c21-15-7-6-12(25(27)28)10-13(15)19(26)23-11-5-8-16(22)14(9-11)20-24-17-3-1-2-4-18(17)29-20/h1-10H,(H,23,26). The molecule has 3 aromatic carbocycles. The minimum absolute atomic E-state index is 0.137. The predicted molar refractivity (Wildman–Crippen MR) is 113 cm³/mol. The van der Waals surface area contributed by atoms with Gasteiger partial charge in [0.25, 0.3) is 11.6 Å². The average Bonchev–Trinajstić information content (AvgIpc) is 3.13. The second-order valence-electron chi connectivity index (χ2n) is 6.06. The Hall–Kier alpha value is -3.23. The number of oxazole rings is 1. The van der Waals surface area contributed by atoms with Crippen LogP contribution in [0.5, 0.6) is 0 Å². The fraction of sp³-hybridized carbons (Fsp3) is 0. The van der Waals surface area contributed by atoms with Gasteiger partial charge in [-0.1, -0.05) is 23.7 Å². The number of nitro benzene ring substituents is 1. The largest absolute Gasteiger partial charge is 0.436 e. The Balaban J connectivity index is 1.67. The summed E-state index contributed by atoms with van der Waals surface area (Å²) < 4.78 is 6.19. The average molecular weight is 473 g/mol. The summed E-state index contributed by atoms with van der Waals surface area (Å²) in [4.78, 5) is 27.5. The molecule has 29 heavy (non-hydrogen) atoms. The Morgan fingerprint density at radius 1 is 1.14 bits per heavy atom. The van der Waals surface area contributed by atoms with Crippen molar-refractivity contribution < 1.29 is 14.1 Å². The van der Waals surface area contributed by atoms with E-state index in [9.17, 15) is 14.9 Å². The molecule has 7 nitrogen and oxygen atoms in total. The summed E-state index contributed by atoms with van der Waals surface area (Å²) in [5, 5.41) is 14.1. The van der Waals surface area contributed by atoms with Gasteiger partial charge in [-0.3, -0.25) is 14.9 Å². The molecule has 144 valence electrons. The first-order valence-corrected chi connectivity index (χ1v) is 9.50. The number of benzene rings is 3. The third-order valence-corrected chi connectivity index (χ3v) is 5.17. The van der Waals surface area contributed by atoms with E-state index in [-0.39, 0.29) is 11.3 Å². The zero-order valence-electron chi connectivity index (χ0n) is 14.6. The van der Waals surface area contributed by atoms with Gasteiger partial charge in [0.05, 0.1) is 21.1 Å². The molecule has 1 N–H and O–H groups in total. The fourth-order valence-corrected chi connectivity index (χ4v) is 3.38. The number of non-ortho nitro benzene ring substituents is 1. The first-order chi connectivity index (χ1) is 13.9. The van der Waals surface area contributed by atoms with E-state index in [0.29, 0.717) is 37.7 Å². The van der Waals surface area contributed by atoms with E-state index in [1.54, 1.807) is 24.3 Å². The van der Waals surface area contributed by atoms with Gasteiger partial charge in [0.15, 0.2) is 5.58 Å². The molecule has 1 heterocycles. The van der Waals surface area contributed by atoms with E-state index in [0.717, 1.165) is 0 Å². The van der Waals surface area contributed by atoms with Crippen LogP contribution in [0.1, 0.15) is 10.4 Å². The van der Waals surface area contributed by atoms with Crippen molar-refractivity contribution in [3.63, 3.8) is 0 Å². The summed E-state index contributed by atoms with van der Waals surface area (Å²) >= 11 is 9.54. The monoisotopic (exact) mass is 471 g/mol. The van der Waals surface area contributed by atoms with Gasteiger partial charge < -0.3 is 9.73 Å². The molecule has 9 heteroatoms. The molecule has 0 fully saturated rings. The van der Waals surface area contributed by atoms with Crippen molar-refractivity contribution in [3.05, 3.63) is 85.8 Å². The van der Waals surface area contributed by atoms with E-state index in [1.165, 1.54) is 18.2 Å². The molecule has 4 aromatic rings. The SMILES string of the molecule is O=C(Nc1ccc(Cl)c(-c2nc3ccccc3o2)c1)c1cc([N+](=O)[O-])ccc1Br. The number of nitrogens with zero attached hydrogens (tertiary/aromatic N) is 2. The van der Waals surface area contributed by atoms with Crippen molar-refractivity contribution in [2.75, 3.05) is 5.32 Å². The molecular weight excluding hydrogens is 462 g/mol. The number of nitro groups is 1. The molecule has 0 atom stereocenters. The topological polar surface area (TPSA) is 98.3 Å². The summed E-state index contributed by atoms with van der Waals surface area (Å²) in [5.74, 6) is -0.185. The Morgan fingerprint density at radius 2 is 1.93 bits per heavy atom. The smallest absolute Gasteiger partial charge is 0.270 e. The molecule has 4 rings (SSSR count). The lowest BCUT2D eigenvalue weighted by Gasteiger charge is -2.09. The molecule has 0 aliphatic rings. The van der Waals surface area contributed by atoms with Crippen LogP contribution in [0, 0.1) is 10.1 Å². The number of anilines is 1. The molecule has 1 amide bonds. The molecular formula is C20H11BrClN3O4. The number of hydrogen-bond donors (Lipinski definition) is 1. The third kappa shape index (κ3) is 3.85. The van der Waals surface area contributed by atoms with Crippen LogP contribution in [0.3, 0.4) is 0 Å². The Kier molecular flexibility index (Phi) is 5.04. The maximum atomic E-state index is 12.6. The molecule has 0 saturated heterocycles. The summed E-state index contributed by atoms with van der Waals surface area (Å²) in [7, 11) is 0. The summed E-state index contributed by atoms with van der Waals surface area (Å²) in [5.41, 5.74) is 2.22. The molecule has 0 saturated carbocycles. The number of para-hydroxylation sites is 2. The van der Waals surface area contributed by atoms with Gasteiger partial charge in [-0.25, -0.2) is 4.98 Å². The fourth-order valence-electron chi connectivity index (χ4n) is 2.75. The number of hydrogen-bond acceptors (Lipinski definition) is 5. The second-order valence-corrected chi connectivity index (χ2v) is 7.32. The minimum atomic E-state index is -0.559. The zero-order chi connectivity index (χ0) is 20.5. The van der Waals surface area contributed by atoms with Crippen molar-refractivity contribution in [2.45, 2.75) is 0 Å². The second kappa shape index (κ2) is 7.65. The van der Waals surface area contributed by atoms with Crippen LogP contribution in [-0.4, -0.2) is 15.8 Å². The highest BCUT2D eigenvalue weighted by Gasteiger charge is 2.17. The summed E-state index contributed by atoms with van der Waals surface area (Å²) in [6.07, 6.45) is 0. The zero-order valence-corrected chi connectivity index (χ0v) is 16.9. The van der Waals surface area contributed by atoms with Crippen LogP contribution < -0.4 is 5.32 Å². The highest BCUT2D eigenvalue weighted by Crippen LogP contribution is 2.32. The summed E-state index contributed by atoms with van der Waals surface area (Å²) in [6.45, 7) is 0. The number of amides is 1. The number of carbonyl (C=O) groups excluding carboxylic acids is 1. The normalized spacial score (nSPS) is 10.8. The van der Waals surface area contributed by atoms with E-state index in [2.05, 4.69) is 26.2 Å². The van der Waals surface area contributed by atoms with Gasteiger partial charge in [0.1, 0.15) is 5.52 Å². The molecule has 1 aromatic heterocycles. The van der Waals surface area contributed by atoms with Crippen molar-refractivity contribution in [1.82, 2.24) is 4.98 Å². The van der Waals surface area contributed by atoms with Crippen LogP contribution in [0.15, 0.2) is 69.6 Å². The molecule has 0 radical (unpaired) electrons. The summed E-state index contributed by atoms with van der Waals surface area (Å²) in [6, 6.07) is 16.2. The Labute approximate surface area is 177 Å². The van der Waals surface area contributed by atoms with Crippen LogP contribution in [0.2, 0.25) is 5.02 Å². The molecule has 0 bridgehead atoms. The van der Waals surface area contributed by atoms with E-state index in [1.807, 2.05) is 18.2 Å². The predicted octanol–water partition coefficient (Wildman–Crippen LogP) is 6.07. The maximum absolute atomic E-state index is 12.6. The number of fused-ring (bicyclic) bond motifs is 1. The lowest BCUT2D eigenvalue weighted by Crippen LogP contribution is -2.13. The van der Waals surface area contributed by atoms with Crippen LogP contribution in [0.25, 0.3) is 22.6 Å². The van der Waals surface area contributed by atoms with Gasteiger partial charge in [-0.15, -0.1) is 0 Å². The Morgan fingerprint density at radius 3 is 2.69 bits per heavy atom. The van der Waals surface area contributed by atoms with Gasteiger partial charge in [-0.05, 0) is 52.3 Å². The Bertz CT molecular complexity index is 1240. The van der Waals surface area contributed by atoms with Crippen LogP contribution in [0.4, 0.5) is 11.4 Å². The first-order valence-electron chi connectivity index (χ1n) is 8.33. The van der Waals surface area contributed by atoms with Crippen molar-refractivity contribution in [1.29, 1.82) is 0 Å². The number of nitrogens with one attached hydrogen (secondary N) is 1. The highest BCUT2D eigenvalue weighted by atomic mass is 79.9. The van der Waals surface area contributed by atoms with E-state index in [4.69, 9.17) is 16.0 Å². The van der Waals surface area contributed by atoms with Gasteiger partial charge in [-0.2, -0.15) is 0 Å². The van der Waals surface area contributed by atoms with Gasteiger partial charge in [0, 0.05) is 22.3 Å². The number of halogens is 2. The number of aromatic nitrogens is 1. The number of carbonyl (C=O) groups is 1. The van der Waals surface area contributed by atoms with Crippen LogP contribution >= 0.6 is 27.5 Å². The molecule has 0 unspecified atom stereocenters. The van der Waals surface area contributed by atoms with Crippen molar-refractivity contribution in [3.8, 4) is 11.5 Å². The van der Waals surface area contributed by atoms with Crippen molar-refractivity contribution >= 4 is 55.9 Å². The molecule has 0 spiro atoms. The van der Waals surface area contributed by atoms with E-state index < -0.39 is 10.8 Å². The van der Waals surface area contributed by atoms with Crippen molar-refractivity contribution in [2.24, 2.45) is 0 Å². The molecule has 0 aliphatic heterocycles. The minimum Gasteiger partial charge on any atom is -0.436 e. The van der Waals surface area contributed by atoms with Gasteiger partial charge >= 0.3 is 0 Å². The van der Waals surface area contributed by atoms with Gasteiger partial charge in [0.2, 0.25) is 5.89 Å². The maximum Gasteiger partial charge on any atom is 0.270 e. The lowest BCUT2D eigenvalue weighted by atomic mass is 10.1. The first kappa shape index (κ1) is 19.1. The number of rotatable bonds is 4. The van der Waals surface area contributed by atoms with Crippen LogP contribution in [-0.2, 0) is 0 Å². The van der Waals surface area contributed by atoms with E-state index >= 15 is 0 Å². The highest BCUT2D eigenvalue weighted by molar-refractivity contribution is 9.10. The molecule has 0 aliphatic carbocycles. The quantitative estimate of drug-likeness (QED) is 0.287. The lowest BCUT2D eigenvalue weighted by molar-refractivity contribution is -0.384. The third-order valence-electron chi connectivity index (χ3n) is 4.15.